The summed E-state index contributed by atoms with van der Waals surface area (Å²) in [5.41, 5.74) is 0. The second-order valence-corrected chi connectivity index (χ2v) is 5.14. The highest BCUT2D eigenvalue weighted by Gasteiger charge is 2.30. The van der Waals surface area contributed by atoms with E-state index in [1.807, 2.05) is 0 Å². The van der Waals surface area contributed by atoms with Crippen LogP contribution in [0.5, 0.6) is 0 Å². The molecule has 0 unspecified atom stereocenters. The average Bonchev–Trinajstić information content (AvgIpc) is 2.01. The van der Waals surface area contributed by atoms with Crippen LogP contribution < -0.4 is 0 Å². The van der Waals surface area contributed by atoms with Gasteiger partial charge >= 0.3 is 7.60 Å². The molecule has 5 nitrogen and oxygen atoms in total. The zero-order chi connectivity index (χ0) is 9.90. The van der Waals surface area contributed by atoms with E-state index in [4.69, 9.17) is 0 Å². The molecule has 1 aliphatic heterocycles. The molecule has 0 bridgehead atoms. The lowest BCUT2D eigenvalue weighted by Crippen LogP contribution is -2.43. The minimum Gasteiger partial charge on any atom is -0.342 e. The van der Waals surface area contributed by atoms with Gasteiger partial charge in [0.05, 0.1) is 0 Å². The van der Waals surface area contributed by atoms with E-state index in [0.717, 1.165) is 19.5 Å². The van der Waals surface area contributed by atoms with Crippen LogP contribution in [0.15, 0.2) is 0 Å². The summed E-state index contributed by atoms with van der Waals surface area (Å²) in [6.07, 6.45) is 0.871. The van der Waals surface area contributed by atoms with Crippen molar-refractivity contribution in [1.82, 2.24) is 4.90 Å². The van der Waals surface area contributed by atoms with Crippen LogP contribution in [0.3, 0.4) is 0 Å². The van der Waals surface area contributed by atoms with Crippen molar-refractivity contribution >= 4 is 13.5 Å². The molecule has 1 aliphatic rings. The van der Waals surface area contributed by atoms with Crippen LogP contribution in [0.2, 0.25) is 0 Å². The second-order valence-electron chi connectivity index (χ2n) is 2.87. The summed E-state index contributed by atoms with van der Waals surface area (Å²) in [5, 5.41) is 0. The molecule has 0 aromatic rings. The van der Waals surface area contributed by atoms with E-state index in [1.54, 1.807) is 4.90 Å². The van der Waals surface area contributed by atoms with Crippen LogP contribution in [-0.2, 0) is 18.4 Å². The Hall–Kier alpha value is -0.380. The lowest BCUT2D eigenvalue weighted by atomic mass is 10.2. The zero-order valence-electron chi connectivity index (χ0n) is 7.86. The fourth-order valence-corrected chi connectivity index (χ4v) is 1.97. The van der Waals surface area contributed by atoms with Gasteiger partial charge in [0.1, 0.15) is 6.16 Å². The van der Waals surface area contributed by atoms with E-state index < -0.39 is 7.60 Å². The predicted octanol–water partition coefficient (Wildman–Crippen LogP) is 0.705. The molecule has 0 saturated carbocycles. The highest BCUT2D eigenvalue weighted by Crippen LogP contribution is 2.46. The van der Waals surface area contributed by atoms with Crippen LogP contribution in [0.25, 0.3) is 0 Å². The third-order valence-electron chi connectivity index (χ3n) is 2.09. The number of hydrogen-bond donors (Lipinski definition) is 0. The van der Waals surface area contributed by atoms with Crippen molar-refractivity contribution in [2.45, 2.75) is 6.42 Å². The van der Waals surface area contributed by atoms with Crippen molar-refractivity contribution < 1.29 is 18.4 Å². The van der Waals surface area contributed by atoms with E-state index in [-0.39, 0.29) is 12.1 Å². The molecule has 1 rings (SSSR count). The van der Waals surface area contributed by atoms with Gasteiger partial charge < -0.3 is 13.9 Å². The topological polar surface area (TPSA) is 55.8 Å². The fraction of sp³-hybridized carbons (Fsp3) is 0.857. The third kappa shape index (κ3) is 2.53. The molecule has 1 amide bonds. The molecular weight excluding hydrogens is 193 g/mol. The number of amides is 1. The molecule has 13 heavy (non-hydrogen) atoms. The van der Waals surface area contributed by atoms with Crippen molar-refractivity contribution in [3.63, 3.8) is 0 Å². The average molecular weight is 207 g/mol. The minimum atomic E-state index is -3.16. The maximum atomic E-state index is 11.5. The normalized spacial score (nSPS) is 16.9. The summed E-state index contributed by atoms with van der Waals surface area (Å²) in [6.45, 7) is 1.51. The van der Waals surface area contributed by atoms with Gasteiger partial charge in [-0.05, 0) is 6.42 Å². The maximum absolute atomic E-state index is 11.5. The van der Waals surface area contributed by atoms with E-state index in [0.29, 0.717) is 0 Å². The van der Waals surface area contributed by atoms with E-state index in [1.165, 1.54) is 14.2 Å². The Balaban J connectivity index is 2.45. The van der Waals surface area contributed by atoms with Crippen molar-refractivity contribution in [1.29, 1.82) is 0 Å². The second kappa shape index (κ2) is 4.22. The Labute approximate surface area is 77.5 Å². The van der Waals surface area contributed by atoms with Gasteiger partial charge in [0.2, 0.25) is 5.91 Å². The lowest BCUT2D eigenvalue weighted by molar-refractivity contribution is -0.132. The van der Waals surface area contributed by atoms with Gasteiger partial charge in [0.25, 0.3) is 0 Å². The first-order valence-corrected chi connectivity index (χ1v) is 5.82. The largest absolute Gasteiger partial charge is 0.342 e. The highest BCUT2D eigenvalue weighted by atomic mass is 31.2. The summed E-state index contributed by atoms with van der Waals surface area (Å²) < 4.78 is 20.8. The molecule has 0 aliphatic carbocycles. The number of nitrogens with zero attached hydrogens (tertiary/aromatic N) is 1. The first-order chi connectivity index (χ1) is 6.11. The number of carbonyl (C=O) groups excluding carboxylic acids is 1. The Bertz CT molecular complexity index is 231. The first-order valence-electron chi connectivity index (χ1n) is 4.09. The lowest BCUT2D eigenvalue weighted by Gasteiger charge is -2.31. The number of carbonyl (C=O) groups is 1. The SMILES string of the molecule is COP(=O)(CC(=O)N1CCC1)OC. The Morgan fingerprint density at radius 2 is 1.92 bits per heavy atom. The Kier molecular flexibility index (Phi) is 3.47. The van der Waals surface area contributed by atoms with Crippen molar-refractivity contribution in [3.8, 4) is 0 Å². The molecule has 0 atom stereocenters. The zero-order valence-corrected chi connectivity index (χ0v) is 8.75. The number of likely N-dealkylation sites (tertiary alicyclic amines) is 1. The predicted molar refractivity (Wildman–Crippen MR) is 47.7 cm³/mol. The van der Waals surface area contributed by atoms with E-state index in [2.05, 4.69) is 9.05 Å². The molecule has 0 N–H and O–H groups in total. The molecule has 1 heterocycles. The van der Waals surface area contributed by atoms with Crippen molar-refractivity contribution in [3.05, 3.63) is 0 Å². The van der Waals surface area contributed by atoms with Gasteiger partial charge in [-0.2, -0.15) is 0 Å². The van der Waals surface area contributed by atoms with Gasteiger partial charge in [-0.3, -0.25) is 9.36 Å². The molecule has 76 valence electrons. The third-order valence-corrected chi connectivity index (χ3v) is 3.86. The molecule has 1 fully saturated rings. The van der Waals surface area contributed by atoms with Gasteiger partial charge in [0, 0.05) is 27.3 Å². The Morgan fingerprint density at radius 1 is 1.38 bits per heavy atom. The van der Waals surface area contributed by atoms with E-state index >= 15 is 0 Å². The van der Waals surface area contributed by atoms with Crippen molar-refractivity contribution in [2.24, 2.45) is 0 Å². The van der Waals surface area contributed by atoms with Crippen LogP contribution in [0.1, 0.15) is 6.42 Å². The van der Waals surface area contributed by atoms with E-state index in [9.17, 15) is 9.36 Å². The van der Waals surface area contributed by atoms with Crippen LogP contribution in [0, 0.1) is 0 Å². The molecule has 0 spiro atoms. The summed E-state index contributed by atoms with van der Waals surface area (Å²) >= 11 is 0. The molecule has 0 aromatic heterocycles. The van der Waals surface area contributed by atoms with Gasteiger partial charge in [-0.1, -0.05) is 0 Å². The van der Waals surface area contributed by atoms with Crippen LogP contribution in [0.4, 0.5) is 0 Å². The fourth-order valence-electron chi connectivity index (χ4n) is 1.03. The summed E-state index contributed by atoms with van der Waals surface area (Å²) in [7, 11) is -0.591. The standard InChI is InChI=1S/C7H14NO4P/c1-11-13(10,12-2)6-7(9)8-4-3-5-8/h3-6H2,1-2H3. The van der Waals surface area contributed by atoms with Gasteiger partial charge in [-0.25, -0.2) is 0 Å². The molecule has 1 saturated heterocycles. The van der Waals surface area contributed by atoms with Crippen LogP contribution in [-0.4, -0.2) is 44.3 Å². The smallest absolute Gasteiger partial charge is 0.339 e. The highest BCUT2D eigenvalue weighted by molar-refractivity contribution is 7.54. The van der Waals surface area contributed by atoms with Gasteiger partial charge in [-0.15, -0.1) is 0 Å². The number of rotatable bonds is 4. The molecule has 6 heteroatoms. The van der Waals surface area contributed by atoms with Crippen molar-refractivity contribution in [2.75, 3.05) is 33.5 Å². The first kappa shape index (κ1) is 10.7. The molecular formula is C7H14NO4P. The monoisotopic (exact) mass is 207 g/mol. The Morgan fingerprint density at radius 3 is 2.23 bits per heavy atom. The summed E-state index contributed by atoms with van der Waals surface area (Å²) in [6, 6.07) is 0. The quantitative estimate of drug-likeness (QED) is 0.637. The number of hydrogen-bond acceptors (Lipinski definition) is 4. The summed E-state index contributed by atoms with van der Waals surface area (Å²) in [4.78, 5) is 13.0. The summed E-state index contributed by atoms with van der Waals surface area (Å²) in [5.74, 6) is -0.154. The minimum absolute atomic E-state index is 0.153. The van der Waals surface area contributed by atoms with Gasteiger partial charge in [0.15, 0.2) is 0 Å². The molecule has 0 aromatic carbocycles. The molecule has 0 radical (unpaired) electrons. The van der Waals surface area contributed by atoms with Crippen LogP contribution >= 0.6 is 7.60 Å². The maximum Gasteiger partial charge on any atom is 0.339 e.